The summed E-state index contributed by atoms with van der Waals surface area (Å²) in [6.45, 7) is 4.79. The van der Waals surface area contributed by atoms with Gasteiger partial charge in [0.2, 0.25) is 0 Å². The largest absolute Gasteiger partial charge is 0.310 e. The molecule has 0 heterocycles. The molecule has 2 bridgehead atoms. The standard InChI is InChI=1S/C64H51N/c1-63(2)58-28-12-9-25-54(58)56-27-16-26-52(62(56)63)45-21-15-22-48(38-45)65(49-34-36-55-53-24-10-13-29-59(53)64(60(55)40-49)41-42-31-33-47(64)37-42)61-30-14-11-23-51(61)46-32-35-50(43-17-5-3-6-18-43)57(39-46)44-19-7-4-8-20-44/h3-30,32,34-36,38-40,42,47H,31,33,37,41H2,1-2H3. The summed E-state index contributed by atoms with van der Waals surface area (Å²) in [4.78, 5) is 2.57. The molecule has 0 saturated heterocycles. The predicted octanol–water partition coefficient (Wildman–Crippen LogP) is 17.2. The second-order valence-corrected chi connectivity index (χ2v) is 19.6. The lowest BCUT2D eigenvalue weighted by molar-refractivity contribution is 0.327. The molecule has 0 aromatic heterocycles. The van der Waals surface area contributed by atoms with E-state index in [1.54, 1.807) is 5.56 Å². The Morgan fingerprint density at radius 1 is 0.385 bits per heavy atom. The van der Waals surface area contributed by atoms with E-state index in [2.05, 4.69) is 231 Å². The molecular weight excluding hydrogens is 783 g/mol. The Kier molecular flexibility index (Phi) is 8.63. The molecule has 4 aliphatic carbocycles. The van der Waals surface area contributed by atoms with E-state index in [9.17, 15) is 0 Å². The second kappa shape index (κ2) is 14.7. The molecule has 1 nitrogen and oxygen atoms in total. The van der Waals surface area contributed by atoms with Crippen molar-refractivity contribution >= 4 is 17.1 Å². The molecule has 9 aromatic carbocycles. The highest BCUT2D eigenvalue weighted by Gasteiger charge is 2.56. The summed E-state index contributed by atoms with van der Waals surface area (Å²) in [5.41, 5.74) is 24.7. The fraction of sp³-hybridized carbons (Fsp3) is 0.156. The van der Waals surface area contributed by atoms with E-state index >= 15 is 0 Å². The smallest absolute Gasteiger partial charge is 0.0540 e. The van der Waals surface area contributed by atoms with Crippen LogP contribution in [0.25, 0.3) is 66.8 Å². The van der Waals surface area contributed by atoms with Crippen LogP contribution in [0.3, 0.4) is 0 Å². The van der Waals surface area contributed by atoms with Crippen molar-refractivity contribution in [3.05, 3.63) is 235 Å². The van der Waals surface area contributed by atoms with Gasteiger partial charge in [-0.25, -0.2) is 0 Å². The molecule has 3 unspecified atom stereocenters. The van der Waals surface area contributed by atoms with Crippen LogP contribution in [0.2, 0.25) is 0 Å². The molecule has 2 fully saturated rings. The monoisotopic (exact) mass is 833 g/mol. The fourth-order valence-electron chi connectivity index (χ4n) is 13.2. The Bertz CT molecular complexity index is 3320. The summed E-state index contributed by atoms with van der Waals surface area (Å²) < 4.78 is 0. The highest BCUT2D eigenvalue weighted by atomic mass is 15.1. The molecule has 312 valence electrons. The van der Waals surface area contributed by atoms with Crippen molar-refractivity contribution in [3.8, 4) is 66.8 Å². The molecule has 0 N–H and O–H groups in total. The van der Waals surface area contributed by atoms with Crippen LogP contribution in [-0.2, 0) is 10.8 Å². The average Bonchev–Trinajstić information content (AvgIpc) is 4.12. The molecule has 0 radical (unpaired) electrons. The van der Waals surface area contributed by atoms with E-state index in [0.717, 1.165) is 11.6 Å². The molecule has 9 aromatic rings. The maximum Gasteiger partial charge on any atom is 0.0540 e. The third-order valence-corrected chi connectivity index (χ3v) is 15.9. The van der Waals surface area contributed by atoms with Gasteiger partial charge in [-0.2, -0.15) is 0 Å². The zero-order valence-corrected chi connectivity index (χ0v) is 37.1. The number of hydrogen-bond acceptors (Lipinski definition) is 1. The van der Waals surface area contributed by atoms with Crippen LogP contribution in [0.15, 0.2) is 212 Å². The molecule has 1 heteroatoms. The summed E-state index contributed by atoms with van der Waals surface area (Å²) in [5, 5.41) is 0. The molecule has 4 aliphatic rings. The van der Waals surface area contributed by atoms with Crippen LogP contribution < -0.4 is 4.90 Å². The molecule has 13 rings (SSSR count). The first-order chi connectivity index (χ1) is 32.0. The van der Waals surface area contributed by atoms with Crippen LogP contribution in [0.4, 0.5) is 17.1 Å². The highest BCUT2D eigenvalue weighted by Crippen LogP contribution is 2.66. The molecule has 2 saturated carbocycles. The van der Waals surface area contributed by atoms with Crippen LogP contribution in [-0.4, -0.2) is 0 Å². The number of para-hydroxylation sites is 1. The number of fused-ring (bicyclic) bond motifs is 11. The summed E-state index contributed by atoms with van der Waals surface area (Å²) in [6.07, 6.45) is 5.29. The number of benzene rings is 9. The summed E-state index contributed by atoms with van der Waals surface area (Å²) >= 11 is 0. The Morgan fingerprint density at radius 2 is 0.954 bits per heavy atom. The van der Waals surface area contributed by atoms with E-state index in [0.29, 0.717) is 5.92 Å². The first-order valence-electron chi connectivity index (χ1n) is 23.7. The topological polar surface area (TPSA) is 3.24 Å². The van der Waals surface area contributed by atoms with Crippen molar-refractivity contribution in [2.75, 3.05) is 4.90 Å². The van der Waals surface area contributed by atoms with Gasteiger partial charge >= 0.3 is 0 Å². The number of hydrogen-bond donors (Lipinski definition) is 0. The van der Waals surface area contributed by atoms with Gasteiger partial charge in [0.1, 0.15) is 0 Å². The normalized spacial score (nSPS) is 19.2. The van der Waals surface area contributed by atoms with Crippen molar-refractivity contribution in [2.24, 2.45) is 11.8 Å². The number of anilines is 3. The maximum atomic E-state index is 2.60. The van der Waals surface area contributed by atoms with Crippen molar-refractivity contribution in [2.45, 2.75) is 50.4 Å². The third-order valence-electron chi connectivity index (χ3n) is 15.9. The molecule has 3 atom stereocenters. The number of nitrogens with zero attached hydrogens (tertiary/aromatic N) is 1. The minimum atomic E-state index is -0.128. The van der Waals surface area contributed by atoms with Crippen LogP contribution in [0.1, 0.15) is 61.8 Å². The fourth-order valence-corrected chi connectivity index (χ4v) is 13.2. The van der Waals surface area contributed by atoms with E-state index < -0.39 is 0 Å². The van der Waals surface area contributed by atoms with Crippen LogP contribution in [0, 0.1) is 11.8 Å². The van der Waals surface area contributed by atoms with Gasteiger partial charge in [-0.15, -0.1) is 0 Å². The Morgan fingerprint density at radius 3 is 1.71 bits per heavy atom. The van der Waals surface area contributed by atoms with Crippen molar-refractivity contribution < 1.29 is 0 Å². The number of rotatable bonds is 7. The molecule has 65 heavy (non-hydrogen) atoms. The zero-order chi connectivity index (χ0) is 43.3. The molecular formula is C64H51N. The minimum Gasteiger partial charge on any atom is -0.310 e. The zero-order valence-electron chi connectivity index (χ0n) is 37.1. The third kappa shape index (κ3) is 5.77. The van der Waals surface area contributed by atoms with E-state index in [1.807, 2.05) is 0 Å². The predicted molar refractivity (Wildman–Crippen MR) is 272 cm³/mol. The quantitative estimate of drug-likeness (QED) is 0.155. The van der Waals surface area contributed by atoms with Gasteiger partial charge in [-0.05, 0) is 151 Å². The lowest BCUT2D eigenvalue weighted by atomic mass is 9.67. The first kappa shape index (κ1) is 38.3. The lowest BCUT2D eigenvalue weighted by Gasteiger charge is -2.37. The summed E-state index contributed by atoms with van der Waals surface area (Å²) in [6, 6.07) is 80.0. The van der Waals surface area contributed by atoms with E-state index in [4.69, 9.17) is 0 Å². The molecule has 1 spiro atoms. The van der Waals surface area contributed by atoms with Gasteiger partial charge in [0, 0.05) is 27.8 Å². The lowest BCUT2D eigenvalue weighted by Crippen LogP contribution is -2.32. The summed E-state index contributed by atoms with van der Waals surface area (Å²) in [7, 11) is 0. The van der Waals surface area contributed by atoms with Gasteiger partial charge in [0.15, 0.2) is 0 Å². The SMILES string of the molecule is CC1(C)c2ccccc2-c2cccc(-c3cccc(N(c4ccc5c(c4)C4(CC6CCC4C6)c4ccccc4-5)c4ccccc4-c4ccc(-c5ccccc5)c(-c5ccccc5)c4)c3)c21. The van der Waals surface area contributed by atoms with Crippen molar-refractivity contribution in [1.82, 2.24) is 0 Å². The first-order valence-corrected chi connectivity index (χ1v) is 23.7. The van der Waals surface area contributed by atoms with Gasteiger partial charge in [0.05, 0.1) is 5.69 Å². The Balaban J connectivity index is 1.02. The van der Waals surface area contributed by atoms with Gasteiger partial charge in [-0.3, -0.25) is 0 Å². The van der Waals surface area contributed by atoms with Gasteiger partial charge in [-0.1, -0.05) is 196 Å². The second-order valence-electron chi connectivity index (χ2n) is 19.6. The Labute approximate surface area is 383 Å². The van der Waals surface area contributed by atoms with E-state index in [-0.39, 0.29) is 10.8 Å². The van der Waals surface area contributed by atoms with Crippen LogP contribution in [0.5, 0.6) is 0 Å². The van der Waals surface area contributed by atoms with Crippen LogP contribution >= 0.6 is 0 Å². The summed E-state index contributed by atoms with van der Waals surface area (Å²) in [5.74, 6) is 1.48. The van der Waals surface area contributed by atoms with E-state index in [1.165, 1.54) is 121 Å². The van der Waals surface area contributed by atoms with Crippen molar-refractivity contribution in [1.29, 1.82) is 0 Å². The average molecular weight is 834 g/mol. The maximum absolute atomic E-state index is 2.60. The highest BCUT2D eigenvalue weighted by molar-refractivity contribution is 5.95. The van der Waals surface area contributed by atoms with Gasteiger partial charge < -0.3 is 4.90 Å². The Hall–Kier alpha value is -7.22. The van der Waals surface area contributed by atoms with Crippen molar-refractivity contribution in [3.63, 3.8) is 0 Å². The molecule has 0 amide bonds. The minimum absolute atomic E-state index is 0.0704. The molecule has 0 aliphatic heterocycles. The van der Waals surface area contributed by atoms with Gasteiger partial charge in [0.25, 0.3) is 0 Å².